The van der Waals surface area contributed by atoms with Gasteiger partial charge in [0.1, 0.15) is 5.82 Å². The Bertz CT molecular complexity index is 376. The molecule has 0 atom stereocenters. The van der Waals surface area contributed by atoms with Gasteiger partial charge in [-0.3, -0.25) is 4.90 Å². The van der Waals surface area contributed by atoms with Crippen molar-refractivity contribution < 1.29 is 0 Å². The summed E-state index contributed by atoms with van der Waals surface area (Å²) in [5.74, 6) is 0.960. The molecule has 1 aromatic heterocycles. The first-order valence-electron chi connectivity index (χ1n) is 7.51. The van der Waals surface area contributed by atoms with E-state index in [1.54, 1.807) is 0 Å². The van der Waals surface area contributed by atoms with Crippen LogP contribution in [-0.4, -0.2) is 42.1 Å². The molecular weight excluding hydrogens is 236 g/mol. The maximum atomic E-state index is 4.31. The maximum Gasteiger partial charge on any atom is 0.127 e. The van der Waals surface area contributed by atoms with E-state index in [-0.39, 0.29) is 0 Å². The lowest BCUT2D eigenvalue weighted by atomic mass is 10.3. The lowest BCUT2D eigenvalue weighted by molar-refractivity contribution is 0.289. The Morgan fingerprint density at radius 1 is 1.26 bits per heavy atom. The lowest BCUT2D eigenvalue weighted by Crippen LogP contribution is -2.30. The second kappa shape index (κ2) is 7.34. The largest absolute Gasteiger partial charge is 0.384 e. The van der Waals surface area contributed by atoms with E-state index in [9.17, 15) is 0 Å². The van der Waals surface area contributed by atoms with E-state index in [0.29, 0.717) is 0 Å². The van der Waals surface area contributed by atoms with E-state index >= 15 is 0 Å². The van der Waals surface area contributed by atoms with Gasteiger partial charge in [0.05, 0.1) is 0 Å². The summed E-state index contributed by atoms with van der Waals surface area (Å²) in [6.07, 6.45) is 5.74. The van der Waals surface area contributed by atoms with Crippen molar-refractivity contribution in [3.8, 4) is 0 Å². The average molecular weight is 262 g/mol. The zero-order valence-electron chi connectivity index (χ0n) is 12.2. The highest BCUT2D eigenvalue weighted by Crippen LogP contribution is 2.26. The standard InChI is InChI=1S/C15H26N4/c1-3-8-17-15-12-13(7-9-18-15)16-10-11-19(4-2)14-5-6-14/h7,9,12,14H,3-6,8,10-11H2,1-2H3,(H2,16,17,18). The summed E-state index contributed by atoms with van der Waals surface area (Å²) in [5.41, 5.74) is 1.15. The Hall–Kier alpha value is -1.29. The van der Waals surface area contributed by atoms with Gasteiger partial charge in [0.15, 0.2) is 0 Å². The van der Waals surface area contributed by atoms with Gasteiger partial charge in [-0.05, 0) is 31.9 Å². The molecule has 0 amide bonds. The van der Waals surface area contributed by atoms with Gasteiger partial charge in [-0.15, -0.1) is 0 Å². The zero-order valence-corrected chi connectivity index (χ0v) is 12.2. The number of nitrogens with zero attached hydrogens (tertiary/aromatic N) is 2. The summed E-state index contributed by atoms with van der Waals surface area (Å²) >= 11 is 0. The SMILES string of the molecule is CCCNc1cc(NCCN(CC)C2CC2)ccn1. The molecular formula is C15H26N4. The molecule has 4 nitrogen and oxygen atoms in total. The number of likely N-dealkylation sites (N-methyl/N-ethyl adjacent to an activating group) is 1. The quantitative estimate of drug-likeness (QED) is 0.718. The van der Waals surface area contributed by atoms with Crippen molar-refractivity contribution in [2.24, 2.45) is 0 Å². The summed E-state index contributed by atoms with van der Waals surface area (Å²) in [6, 6.07) is 4.97. The Morgan fingerprint density at radius 3 is 2.79 bits per heavy atom. The number of anilines is 2. The topological polar surface area (TPSA) is 40.2 Å². The predicted octanol–water partition coefficient (Wildman–Crippen LogP) is 2.80. The molecule has 0 spiro atoms. The fraction of sp³-hybridized carbons (Fsp3) is 0.667. The summed E-state index contributed by atoms with van der Waals surface area (Å²) in [4.78, 5) is 6.87. The van der Waals surface area contributed by atoms with Crippen LogP contribution in [-0.2, 0) is 0 Å². The Kier molecular flexibility index (Phi) is 5.45. The molecule has 106 valence electrons. The highest BCUT2D eigenvalue weighted by molar-refractivity contribution is 5.51. The number of pyridine rings is 1. The van der Waals surface area contributed by atoms with Crippen molar-refractivity contribution in [3.63, 3.8) is 0 Å². The monoisotopic (exact) mass is 262 g/mol. The highest BCUT2D eigenvalue weighted by Gasteiger charge is 2.26. The van der Waals surface area contributed by atoms with Crippen LogP contribution >= 0.6 is 0 Å². The van der Waals surface area contributed by atoms with Crippen molar-refractivity contribution in [2.45, 2.75) is 39.2 Å². The van der Waals surface area contributed by atoms with E-state index in [0.717, 1.165) is 50.1 Å². The summed E-state index contributed by atoms with van der Waals surface area (Å²) in [5, 5.41) is 6.80. The first kappa shape index (κ1) is 14.1. The van der Waals surface area contributed by atoms with Crippen molar-refractivity contribution >= 4 is 11.5 Å². The fourth-order valence-corrected chi connectivity index (χ4v) is 2.27. The summed E-state index contributed by atoms with van der Waals surface area (Å²) in [6.45, 7) is 8.67. The van der Waals surface area contributed by atoms with Gasteiger partial charge in [-0.1, -0.05) is 13.8 Å². The van der Waals surface area contributed by atoms with Crippen molar-refractivity contribution in [1.29, 1.82) is 0 Å². The first-order valence-corrected chi connectivity index (χ1v) is 7.51. The van der Waals surface area contributed by atoms with E-state index in [1.807, 2.05) is 12.3 Å². The molecule has 0 radical (unpaired) electrons. The molecule has 0 bridgehead atoms. The first-order chi connectivity index (χ1) is 9.33. The zero-order chi connectivity index (χ0) is 13.5. The lowest BCUT2D eigenvalue weighted by Gasteiger charge is -2.20. The number of aromatic nitrogens is 1. The summed E-state index contributed by atoms with van der Waals surface area (Å²) in [7, 11) is 0. The van der Waals surface area contributed by atoms with Gasteiger partial charge in [0.25, 0.3) is 0 Å². The van der Waals surface area contributed by atoms with E-state index in [1.165, 1.54) is 12.8 Å². The van der Waals surface area contributed by atoms with Crippen LogP contribution in [0, 0.1) is 0 Å². The molecule has 1 saturated carbocycles. The van der Waals surface area contributed by atoms with Crippen LogP contribution in [0.1, 0.15) is 33.1 Å². The molecule has 1 aromatic rings. The second-order valence-electron chi connectivity index (χ2n) is 5.14. The van der Waals surface area contributed by atoms with Crippen molar-refractivity contribution in [3.05, 3.63) is 18.3 Å². The third-order valence-electron chi connectivity index (χ3n) is 3.51. The molecule has 1 fully saturated rings. The Morgan fingerprint density at radius 2 is 2.11 bits per heavy atom. The third-order valence-corrected chi connectivity index (χ3v) is 3.51. The number of hydrogen-bond acceptors (Lipinski definition) is 4. The van der Waals surface area contributed by atoms with Gasteiger partial charge in [-0.25, -0.2) is 4.98 Å². The molecule has 1 aliphatic rings. The highest BCUT2D eigenvalue weighted by atomic mass is 15.2. The molecule has 1 heterocycles. The van der Waals surface area contributed by atoms with Crippen LogP contribution in [0.25, 0.3) is 0 Å². The minimum absolute atomic E-state index is 0.853. The van der Waals surface area contributed by atoms with Crippen LogP contribution in [0.2, 0.25) is 0 Å². The maximum absolute atomic E-state index is 4.31. The molecule has 4 heteroatoms. The number of rotatable bonds is 9. The van der Waals surface area contributed by atoms with Gasteiger partial charge in [0, 0.05) is 43.6 Å². The normalized spacial score (nSPS) is 14.7. The predicted molar refractivity (Wildman–Crippen MR) is 81.8 cm³/mol. The second-order valence-corrected chi connectivity index (χ2v) is 5.14. The molecule has 0 aliphatic heterocycles. The van der Waals surface area contributed by atoms with E-state index in [2.05, 4.69) is 40.4 Å². The van der Waals surface area contributed by atoms with Gasteiger partial charge < -0.3 is 10.6 Å². The molecule has 2 rings (SSSR count). The van der Waals surface area contributed by atoms with E-state index in [4.69, 9.17) is 0 Å². The van der Waals surface area contributed by atoms with Crippen LogP contribution in [0.3, 0.4) is 0 Å². The third kappa shape index (κ3) is 4.71. The van der Waals surface area contributed by atoms with Gasteiger partial charge in [0.2, 0.25) is 0 Å². The van der Waals surface area contributed by atoms with Crippen LogP contribution in [0.4, 0.5) is 11.5 Å². The van der Waals surface area contributed by atoms with Crippen LogP contribution in [0.5, 0.6) is 0 Å². The van der Waals surface area contributed by atoms with E-state index < -0.39 is 0 Å². The smallest absolute Gasteiger partial charge is 0.127 e. The Labute approximate surface area is 116 Å². The molecule has 0 saturated heterocycles. The fourth-order valence-electron chi connectivity index (χ4n) is 2.27. The van der Waals surface area contributed by atoms with Crippen LogP contribution in [0.15, 0.2) is 18.3 Å². The number of hydrogen-bond donors (Lipinski definition) is 2. The van der Waals surface area contributed by atoms with Gasteiger partial charge >= 0.3 is 0 Å². The molecule has 1 aliphatic carbocycles. The van der Waals surface area contributed by atoms with Gasteiger partial charge in [-0.2, -0.15) is 0 Å². The van der Waals surface area contributed by atoms with Crippen LogP contribution < -0.4 is 10.6 Å². The molecule has 0 aromatic carbocycles. The number of nitrogens with one attached hydrogen (secondary N) is 2. The minimum Gasteiger partial charge on any atom is -0.384 e. The average Bonchev–Trinajstić information content (AvgIpc) is 3.26. The Balaban J connectivity index is 1.75. The van der Waals surface area contributed by atoms with Crippen molar-refractivity contribution in [1.82, 2.24) is 9.88 Å². The minimum atomic E-state index is 0.853. The molecule has 0 unspecified atom stereocenters. The molecule has 2 N–H and O–H groups in total. The summed E-state index contributed by atoms with van der Waals surface area (Å²) < 4.78 is 0. The van der Waals surface area contributed by atoms with Crippen molar-refractivity contribution in [2.75, 3.05) is 36.8 Å². The molecule has 19 heavy (non-hydrogen) atoms.